The molecule has 1 heterocycles. The van der Waals surface area contributed by atoms with Crippen molar-refractivity contribution in [3.63, 3.8) is 0 Å². The smallest absolute Gasteiger partial charge is 0.348 e. The maximum Gasteiger partial charge on any atom is 0.416 e. The third kappa shape index (κ3) is 2.37. The van der Waals surface area contributed by atoms with Gasteiger partial charge in [-0.3, -0.25) is 15.3 Å². The molecular formula is C10H6F7N3O4. The monoisotopic (exact) mass is 365 g/mol. The Morgan fingerprint density at radius 2 is 1.79 bits per heavy atom. The number of hydrogen-bond acceptors (Lipinski definition) is 6. The molecule has 24 heavy (non-hydrogen) atoms. The molecule has 1 atom stereocenters. The molecule has 0 aromatic heterocycles. The number of rotatable bonds is 3. The number of hydroxylamine groups is 1. The van der Waals surface area contributed by atoms with Gasteiger partial charge in [-0.2, -0.15) is 27.0 Å². The predicted octanol–water partition coefficient (Wildman–Crippen LogP) is 2.78. The fourth-order valence-electron chi connectivity index (χ4n) is 1.99. The molecule has 1 aliphatic heterocycles. The maximum absolute atomic E-state index is 13.5. The quantitative estimate of drug-likeness (QED) is 0.433. The highest BCUT2D eigenvalue weighted by atomic mass is 19.4. The molecule has 3 N–H and O–H groups in total. The van der Waals surface area contributed by atoms with Crippen molar-refractivity contribution in [2.75, 3.05) is 10.4 Å². The summed E-state index contributed by atoms with van der Waals surface area (Å²) in [4.78, 5) is 9.39. The fraction of sp³-hybridized carbons (Fsp3) is 0.400. The van der Waals surface area contributed by atoms with Gasteiger partial charge in [-0.25, -0.2) is 8.78 Å². The van der Waals surface area contributed by atoms with Crippen molar-refractivity contribution in [3.05, 3.63) is 27.8 Å². The minimum Gasteiger partial charge on any atom is -0.348 e. The first-order chi connectivity index (χ1) is 10.7. The summed E-state index contributed by atoms with van der Waals surface area (Å²) >= 11 is 0. The second-order valence-electron chi connectivity index (χ2n) is 4.68. The number of fused-ring (bicyclic) bond motifs is 1. The van der Waals surface area contributed by atoms with Gasteiger partial charge >= 0.3 is 24.4 Å². The Morgan fingerprint density at radius 1 is 1.25 bits per heavy atom. The molecule has 1 aromatic rings. The van der Waals surface area contributed by atoms with Gasteiger partial charge in [-0.1, -0.05) is 0 Å². The van der Waals surface area contributed by atoms with Crippen molar-refractivity contribution >= 4 is 17.1 Å². The summed E-state index contributed by atoms with van der Waals surface area (Å²) in [5.41, 5.74) is -5.68. The number of aliphatic hydroxyl groups is 1. The van der Waals surface area contributed by atoms with Crippen LogP contribution in [0.4, 0.5) is 47.8 Å². The molecule has 2 rings (SSSR count). The van der Waals surface area contributed by atoms with Crippen LogP contribution in [0.2, 0.25) is 0 Å². The summed E-state index contributed by atoms with van der Waals surface area (Å²) in [6, 6.07) is -0.0826. The van der Waals surface area contributed by atoms with Crippen LogP contribution in [0, 0.1) is 10.1 Å². The van der Waals surface area contributed by atoms with E-state index in [1.54, 1.807) is 0 Å². The third-order valence-electron chi connectivity index (χ3n) is 3.19. The highest BCUT2D eigenvalue weighted by Crippen LogP contribution is 2.51. The zero-order valence-corrected chi connectivity index (χ0v) is 11.0. The van der Waals surface area contributed by atoms with E-state index in [4.69, 9.17) is 0 Å². The number of halogens is 7. The van der Waals surface area contributed by atoms with E-state index >= 15 is 0 Å². The van der Waals surface area contributed by atoms with Crippen molar-refractivity contribution in [2.45, 2.75) is 24.4 Å². The first-order valence-corrected chi connectivity index (χ1v) is 5.78. The number of nitro benzene ring substituents is 1. The Labute approximate surface area is 127 Å². The van der Waals surface area contributed by atoms with Crippen LogP contribution in [-0.2, 0) is 6.18 Å². The van der Waals surface area contributed by atoms with E-state index in [1.807, 2.05) is 0 Å². The molecule has 0 fully saturated rings. The molecule has 1 aliphatic rings. The van der Waals surface area contributed by atoms with Gasteiger partial charge in [0.2, 0.25) is 0 Å². The van der Waals surface area contributed by atoms with Crippen LogP contribution < -0.4 is 10.4 Å². The molecule has 0 aliphatic carbocycles. The molecule has 0 saturated heterocycles. The Bertz CT molecular complexity index is 696. The summed E-state index contributed by atoms with van der Waals surface area (Å²) in [7, 11) is 0. The predicted molar refractivity (Wildman–Crippen MR) is 61.9 cm³/mol. The van der Waals surface area contributed by atoms with E-state index in [2.05, 4.69) is 0 Å². The topological polar surface area (TPSA) is 98.9 Å². The molecule has 1 aromatic carbocycles. The second kappa shape index (κ2) is 5.07. The molecule has 0 saturated carbocycles. The van der Waals surface area contributed by atoms with Gasteiger partial charge in [0.25, 0.3) is 5.69 Å². The molecule has 0 spiro atoms. The van der Waals surface area contributed by atoms with Crippen LogP contribution in [-0.4, -0.2) is 33.4 Å². The van der Waals surface area contributed by atoms with E-state index < -0.39 is 57.0 Å². The van der Waals surface area contributed by atoms with E-state index in [-0.39, 0.29) is 12.1 Å². The van der Waals surface area contributed by atoms with Crippen LogP contribution >= 0.6 is 0 Å². The van der Waals surface area contributed by atoms with Crippen LogP contribution in [0.1, 0.15) is 5.56 Å². The van der Waals surface area contributed by atoms with Gasteiger partial charge in [-0.15, -0.1) is 0 Å². The van der Waals surface area contributed by atoms with Gasteiger partial charge < -0.3 is 10.4 Å². The Hall–Kier alpha value is -2.35. The van der Waals surface area contributed by atoms with Crippen LogP contribution in [0.25, 0.3) is 0 Å². The first-order valence-electron chi connectivity index (χ1n) is 5.78. The molecule has 134 valence electrons. The molecular weight excluding hydrogens is 359 g/mol. The van der Waals surface area contributed by atoms with Crippen LogP contribution in [0.5, 0.6) is 0 Å². The molecule has 0 radical (unpaired) electrons. The second-order valence-corrected chi connectivity index (χ2v) is 4.68. The van der Waals surface area contributed by atoms with Crippen molar-refractivity contribution in [2.24, 2.45) is 0 Å². The van der Waals surface area contributed by atoms with Gasteiger partial charge in [0.1, 0.15) is 5.69 Å². The number of nitrogens with zero attached hydrogens (tertiary/aromatic N) is 2. The Morgan fingerprint density at radius 3 is 2.21 bits per heavy atom. The van der Waals surface area contributed by atoms with Crippen LogP contribution in [0.3, 0.4) is 0 Å². The summed E-state index contributed by atoms with van der Waals surface area (Å²) in [5, 5.41) is 30.1. The maximum atomic E-state index is 13.5. The number of nitrogens with one attached hydrogen (secondary N) is 1. The average Bonchev–Trinajstić information content (AvgIpc) is 2.70. The Balaban J connectivity index is 2.69. The molecule has 7 nitrogen and oxygen atoms in total. The lowest BCUT2D eigenvalue weighted by atomic mass is 10.1. The molecule has 14 heteroatoms. The van der Waals surface area contributed by atoms with Crippen LogP contribution in [0.15, 0.2) is 12.1 Å². The zero-order chi connectivity index (χ0) is 18.7. The summed E-state index contributed by atoms with van der Waals surface area (Å²) in [6.07, 6.45) is -9.73. The van der Waals surface area contributed by atoms with E-state index in [1.165, 1.54) is 5.32 Å². The number of hydrogen-bond donors (Lipinski definition) is 3. The van der Waals surface area contributed by atoms with E-state index in [9.17, 15) is 51.2 Å². The Kier molecular flexibility index (Phi) is 3.80. The summed E-state index contributed by atoms with van der Waals surface area (Å²) < 4.78 is 89.9. The largest absolute Gasteiger partial charge is 0.416 e. The first kappa shape index (κ1) is 18.0. The lowest BCUT2D eigenvalue weighted by molar-refractivity contribution is -0.384. The third-order valence-corrected chi connectivity index (χ3v) is 3.19. The minimum atomic E-state index is -5.40. The average molecular weight is 365 g/mol. The molecule has 0 bridgehead atoms. The number of anilines is 2. The highest BCUT2D eigenvalue weighted by Gasteiger charge is 2.67. The SMILES string of the molecule is O=[N+]([O-])c1cc(C(F)(F)F)cc2c1NC(O)(C(F)(F)C(F)F)N2O. The standard InChI is InChI=1S/C10H6F7N3O4/c11-7(12)8(13,14)10(21)18-6-4(19(10)22)1-3(9(15,16)17)2-5(6)20(23)24/h1-2,7,18,21-22H. The molecule has 0 amide bonds. The lowest BCUT2D eigenvalue weighted by Crippen LogP contribution is -2.65. The summed E-state index contributed by atoms with van der Waals surface area (Å²) in [6.45, 7) is 0. The fourth-order valence-corrected chi connectivity index (χ4v) is 1.99. The number of benzene rings is 1. The number of alkyl halides is 7. The van der Waals surface area contributed by atoms with Crippen molar-refractivity contribution < 1.29 is 46.0 Å². The highest BCUT2D eigenvalue weighted by molar-refractivity contribution is 5.85. The van der Waals surface area contributed by atoms with Gasteiger partial charge in [0.05, 0.1) is 16.2 Å². The van der Waals surface area contributed by atoms with Gasteiger partial charge in [-0.05, 0) is 6.07 Å². The lowest BCUT2D eigenvalue weighted by Gasteiger charge is -2.35. The van der Waals surface area contributed by atoms with Crippen molar-refractivity contribution in [3.8, 4) is 0 Å². The molecule has 1 unspecified atom stereocenters. The van der Waals surface area contributed by atoms with E-state index in [0.717, 1.165) is 0 Å². The minimum absolute atomic E-state index is 0.0190. The zero-order valence-electron chi connectivity index (χ0n) is 11.0. The normalized spacial score (nSPS) is 21.0. The van der Waals surface area contributed by atoms with Crippen molar-refractivity contribution in [1.29, 1.82) is 0 Å². The van der Waals surface area contributed by atoms with Gasteiger partial charge in [0.15, 0.2) is 0 Å². The van der Waals surface area contributed by atoms with Crippen molar-refractivity contribution in [1.82, 2.24) is 0 Å². The number of nitro groups is 1. The van der Waals surface area contributed by atoms with Gasteiger partial charge in [0, 0.05) is 6.07 Å². The summed E-state index contributed by atoms with van der Waals surface area (Å²) in [5.74, 6) is -9.69. The van der Waals surface area contributed by atoms with E-state index in [0.29, 0.717) is 0 Å².